The monoisotopic (exact) mass is 630 g/mol. The van der Waals surface area contributed by atoms with E-state index in [1.54, 1.807) is 0 Å². The summed E-state index contributed by atoms with van der Waals surface area (Å²) in [4.78, 5) is 24.3. The number of carbonyl (C=O) groups is 2. The first-order valence-corrected chi connectivity index (χ1v) is 11.8. The van der Waals surface area contributed by atoms with Crippen LogP contribution in [0, 0.1) is 11.3 Å². The molecule has 1 aliphatic rings. The number of aliphatic hydroxyl groups excluding tert-OH is 3. The van der Waals surface area contributed by atoms with Gasteiger partial charge in [-0.2, -0.15) is 10.4 Å². The number of aliphatic carboxylic acids is 1. The zero-order chi connectivity index (χ0) is 26.2. The lowest BCUT2D eigenvalue weighted by Gasteiger charge is -2.40. The van der Waals surface area contributed by atoms with Crippen LogP contribution in [0.1, 0.15) is 11.7 Å². The Balaban J connectivity index is 2.26. The van der Waals surface area contributed by atoms with Crippen molar-refractivity contribution in [3.63, 3.8) is 0 Å². The summed E-state index contributed by atoms with van der Waals surface area (Å²) in [6, 6.07) is 2.19. The number of carboxylic acids is 1. The SMILES string of the molecule is N#Cc1c2cc(Br)c(Cl)cc2nn1[C@H]1C=C(C(=O)O)O[C@@H]([C@H](O)[C@H](O)CO)[C@@H]1NC(=O)C(Cl)(Cl)Cl. The summed E-state index contributed by atoms with van der Waals surface area (Å²) in [7, 11) is 0. The Morgan fingerprint density at radius 1 is 1.34 bits per heavy atom. The number of rotatable bonds is 6. The number of aliphatic hydroxyl groups is 3. The second-order valence-electron chi connectivity index (χ2n) is 7.34. The van der Waals surface area contributed by atoms with Gasteiger partial charge < -0.3 is 30.5 Å². The standard InChI is InChI=1S/C19H15BrCl4N4O7/c20-7-1-6-9(2-8(7)21)27-28(11(6)4-25)10-3-13(17(32)33)35-16(15(31)12(30)5-29)14(10)26-18(34)19(22,23)24/h1-3,10,12,14-16,29-31H,5H2,(H,26,34)(H,32,33)/t10-,12+,14+,15+,16+/m0/s1. The largest absolute Gasteiger partial charge is 0.478 e. The topological polar surface area (TPSA) is 178 Å². The van der Waals surface area contributed by atoms with Gasteiger partial charge in [0.1, 0.15) is 30.1 Å². The molecule has 16 heteroatoms. The number of nitrogens with zero attached hydrogens (tertiary/aromatic N) is 3. The highest BCUT2D eigenvalue weighted by Gasteiger charge is 2.47. The summed E-state index contributed by atoms with van der Waals surface area (Å²) in [5, 5.41) is 56.7. The second kappa shape index (κ2) is 10.7. The van der Waals surface area contributed by atoms with Gasteiger partial charge >= 0.3 is 5.97 Å². The molecule has 1 aromatic heterocycles. The Morgan fingerprint density at radius 3 is 2.54 bits per heavy atom. The molecule has 0 spiro atoms. The lowest BCUT2D eigenvalue weighted by Crippen LogP contribution is -2.60. The molecule has 1 aliphatic heterocycles. The average molecular weight is 633 g/mol. The lowest BCUT2D eigenvalue weighted by atomic mass is 9.92. The van der Waals surface area contributed by atoms with E-state index >= 15 is 0 Å². The third-order valence-electron chi connectivity index (χ3n) is 5.12. The molecule has 2 heterocycles. The predicted molar refractivity (Wildman–Crippen MR) is 128 cm³/mol. The summed E-state index contributed by atoms with van der Waals surface area (Å²) in [5.74, 6) is -3.42. The van der Waals surface area contributed by atoms with E-state index in [-0.39, 0.29) is 16.2 Å². The van der Waals surface area contributed by atoms with Gasteiger partial charge in [0.2, 0.25) is 5.76 Å². The van der Waals surface area contributed by atoms with Crippen LogP contribution in [0.3, 0.4) is 0 Å². The Bertz CT molecular complexity index is 1240. The van der Waals surface area contributed by atoms with Crippen LogP contribution in [0.15, 0.2) is 28.4 Å². The van der Waals surface area contributed by atoms with Gasteiger partial charge in [-0.1, -0.05) is 46.4 Å². The van der Waals surface area contributed by atoms with Gasteiger partial charge in [0, 0.05) is 9.86 Å². The number of alkyl halides is 3. The quantitative estimate of drug-likeness (QED) is 0.297. The van der Waals surface area contributed by atoms with Crippen LogP contribution < -0.4 is 5.32 Å². The highest BCUT2D eigenvalue weighted by molar-refractivity contribution is 9.10. The molecule has 0 saturated heterocycles. The van der Waals surface area contributed by atoms with E-state index in [1.807, 2.05) is 6.07 Å². The van der Waals surface area contributed by atoms with Gasteiger partial charge in [-0.05, 0) is 34.1 Å². The Labute approximate surface area is 225 Å². The number of fused-ring (bicyclic) bond motifs is 1. The summed E-state index contributed by atoms with van der Waals surface area (Å²) in [6.07, 6.45) is -4.39. The zero-order valence-corrected chi connectivity index (χ0v) is 21.7. The summed E-state index contributed by atoms with van der Waals surface area (Å²) in [5.41, 5.74) is 0.194. The fraction of sp³-hybridized carbons (Fsp3) is 0.368. The van der Waals surface area contributed by atoms with E-state index in [4.69, 9.17) is 51.1 Å². The van der Waals surface area contributed by atoms with Crippen LogP contribution in [0.4, 0.5) is 0 Å². The molecule has 0 aliphatic carbocycles. The number of hydrogen-bond donors (Lipinski definition) is 5. The van der Waals surface area contributed by atoms with Gasteiger partial charge in [-0.25, -0.2) is 9.48 Å². The fourth-order valence-corrected chi connectivity index (χ4v) is 4.16. The first kappa shape index (κ1) is 27.8. The van der Waals surface area contributed by atoms with Crippen molar-refractivity contribution in [3.8, 4) is 6.07 Å². The first-order chi connectivity index (χ1) is 16.3. The third-order valence-corrected chi connectivity index (χ3v) is 6.83. The maximum atomic E-state index is 12.5. The minimum atomic E-state index is -2.47. The molecule has 0 unspecified atom stereocenters. The fourth-order valence-electron chi connectivity index (χ4n) is 3.49. The maximum absolute atomic E-state index is 12.5. The van der Waals surface area contributed by atoms with E-state index in [0.717, 1.165) is 10.8 Å². The van der Waals surface area contributed by atoms with Crippen molar-refractivity contribution in [1.29, 1.82) is 5.26 Å². The zero-order valence-electron chi connectivity index (χ0n) is 17.1. The van der Waals surface area contributed by atoms with E-state index in [0.29, 0.717) is 9.86 Å². The Morgan fingerprint density at radius 2 is 2.00 bits per heavy atom. The van der Waals surface area contributed by atoms with Crippen LogP contribution in [-0.2, 0) is 14.3 Å². The molecular formula is C19H15BrCl4N4O7. The van der Waals surface area contributed by atoms with Crippen molar-refractivity contribution in [1.82, 2.24) is 15.1 Å². The number of hydrogen-bond acceptors (Lipinski definition) is 8. The van der Waals surface area contributed by atoms with Gasteiger partial charge in [-0.15, -0.1) is 0 Å². The Hall–Kier alpha value is -1.82. The first-order valence-electron chi connectivity index (χ1n) is 9.54. The number of ether oxygens (including phenoxy) is 1. The molecule has 0 saturated carbocycles. The third kappa shape index (κ3) is 5.63. The molecule has 3 rings (SSSR count). The molecule has 188 valence electrons. The van der Waals surface area contributed by atoms with Crippen molar-refractivity contribution in [2.24, 2.45) is 0 Å². The lowest BCUT2D eigenvalue weighted by molar-refractivity contribution is -0.147. The highest BCUT2D eigenvalue weighted by atomic mass is 79.9. The number of nitriles is 1. The summed E-state index contributed by atoms with van der Waals surface area (Å²) < 4.78 is 4.41. The van der Waals surface area contributed by atoms with Crippen molar-refractivity contribution >= 4 is 85.1 Å². The molecule has 1 aromatic carbocycles. The van der Waals surface area contributed by atoms with Crippen LogP contribution >= 0.6 is 62.3 Å². The van der Waals surface area contributed by atoms with Crippen molar-refractivity contribution in [2.75, 3.05) is 6.61 Å². The van der Waals surface area contributed by atoms with E-state index in [2.05, 4.69) is 26.3 Å². The summed E-state index contributed by atoms with van der Waals surface area (Å²) >= 11 is 26.4. The van der Waals surface area contributed by atoms with Gasteiger partial charge in [0.05, 0.1) is 29.2 Å². The number of aromatic nitrogens is 2. The molecule has 0 radical (unpaired) electrons. The molecule has 0 bridgehead atoms. The molecule has 1 amide bonds. The van der Waals surface area contributed by atoms with Gasteiger partial charge in [0.15, 0.2) is 0 Å². The summed E-state index contributed by atoms with van der Waals surface area (Å²) in [6.45, 7) is -0.926. The maximum Gasteiger partial charge on any atom is 0.370 e. The van der Waals surface area contributed by atoms with Gasteiger partial charge in [0.25, 0.3) is 9.70 Å². The number of benzene rings is 1. The second-order valence-corrected chi connectivity index (χ2v) is 10.9. The number of carbonyl (C=O) groups excluding carboxylic acids is 1. The van der Waals surface area contributed by atoms with Crippen LogP contribution in [0.25, 0.3) is 10.9 Å². The number of amides is 1. The molecule has 11 nitrogen and oxygen atoms in total. The van der Waals surface area contributed by atoms with Crippen molar-refractivity contribution in [2.45, 2.75) is 34.2 Å². The smallest absolute Gasteiger partial charge is 0.370 e. The van der Waals surface area contributed by atoms with E-state index < -0.39 is 58.4 Å². The normalized spacial score (nSPS) is 22.0. The molecule has 35 heavy (non-hydrogen) atoms. The van der Waals surface area contributed by atoms with E-state index in [9.17, 15) is 35.3 Å². The molecule has 5 N–H and O–H groups in total. The minimum absolute atomic E-state index is 0.0608. The Kier molecular flexibility index (Phi) is 8.45. The molecule has 2 aromatic rings. The number of halogens is 5. The van der Waals surface area contributed by atoms with Crippen LogP contribution in [-0.4, -0.2) is 76.8 Å². The number of carboxylic acid groups (broad SMARTS) is 1. The average Bonchev–Trinajstić information content (AvgIpc) is 3.14. The van der Waals surface area contributed by atoms with Crippen molar-refractivity contribution < 1.29 is 34.8 Å². The van der Waals surface area contributed by atoms with Crippen molar-refractivity contribution in [3.05, 3.63) is 39.2 Å². The van der Waals surface area contributed by atoms with Crippen LogP contribution in [0.5, 0.6) is 0 Å². The van der Waals surface area contributed by atoms with E-state index in [1.165, 1.54) is 12.1 Å². The predicted octanol–water partition coefficient (Wildman–Crippen LogP) is 1.80. The molecular weight excluding hydrogens is 618 g/mol. The van der Waals surface area contributed by atoms with Crippen LogP contribution in [0.2, 0.25) is 5.02 Å². The highest BCUT2D eigenvalue weighted by Crippen LogP contribution is 2.36. The molecule has 0 fully saturated rings. The number of nitrogens with one attached hydrogen (secondary N) is 1. The molecule has 5 atom stereocenters. The van der Waals surface area contributed by atoms with Gasteiger partial charge in [-0.3, -0.25) is 4.79 Å². The minimum Gasteiger partial charge on any atom is -0.478 e.